The third-order valence-electron chi connectivity index (χ3n) is 3.98. The molecule has 1 aliphatic carbocycles. The summed E-state index contributed by atoms with van der Waals surface area (Å²) < 4.78 is 5.65. The summed E-state index contributed by atoms with van der Waals surface area (Å²) in [4.78, 5) is 12.0. The first-order valence-corrected chi connectivity index (χ1v) is 7.37. The van der Waals surface area contributed by atoms with Crippen molar-refractivity contribution in [3.8, 4) is 0 Å². The zero-order chi connectivity index (χ0) is 12.7. The number of rotatable bonds is 6. The second kappa shape index (κ2) is 7.73. The van der Waals surface area contributed by atoms with Gasteiger partial charge in [-0.3, -0.25) is 4.79 Å². The molecule has 2 nitrogen and oxygen atoms in total. The molecule has 0 saturated heterocycles. The van der Waals surface area contributed by atoms with Crippen molar-refractivity contribution in [2.45, 2.75) is 78.2 Å². The molecule has 1 aliphatic rings. The van der Waals surface area contributed by atoms with Crippen LogP contribution in [0.4, 0.5) is 0 Å². The van der Waals surface area contributed by atoms with E-state index < -0.39 is 0 Å². The van der Waals surface area contributed by atoms with Gasteiger partial charge in [0, 0.05) is 0 Å². The van der Waals surface area contributed by atoms with E-state index in [1.165, 1.54) is 12.8 Å². The molecule has 0 N–H and O–H groups in total. The van der Waals surface area contributed by atoms with Gasteiger partial charge in [0.15, 0.2) is 0 Å². The first-order valence-electron chi connectivity index (χ1n) is 7.37. The number of esters is 1. The van der Waals surface area contributed by atoms with E-state index >= 15 is 0 Å². The summed E-state index contributed by atoms with van der Waals surface area (Å²) in [7, 11) is 0. The Morgan fingerprint density at radius 2 is 1.88 bits per heavy atom. The minimum atomic E-state index is 0.0560. The SMILES string of the molecule is CCCCC(CC)C(=O)OC1CCC(C)CC1. The van der Waals surface area contributed by atoms with Crippen molar-refractivity contribution in [1.82, 2.24) is 0 Å². The smallest absolute Gasteiger partial charge is 0.309 e. The van der Waals surface area contributed by atoms with Crippen LogP contribution in [0.5, 0.6) is 0 Å². The van der Waals surface area contributed by atoms with Gasteiger partial charge in [-0.15, -0.1) is 0 Å². The molecule has 0 aliphatic heterocycles. The molecule has 1 rings (SSSR count). The van der Waals surface area contributed by atoms with Gasteiger partial charge in [0.05, 0.1) is 5.92 Å². The summed E-state index contributed by atoms with van der Waals surface area (Å²) in [6.07, 6.45) is 8.97. The van der Waals surface area contributed by atoms with Gasteiger partial charge in [-0.1, -0.05) is 33.6 Å². The summed E-state index contributed by atoms with van der Waals surface area (Å²) in [5, 5.41) is 0. The lowest BCUT2D eigenvalue weighted by Crippen LogP contribution is -2.27. The third-order valence-corrected chi connectivity index (χ3v) is 3.98. The van der Waals surface area contributed by atoms with Crippen LogP contribution in [0.1, 0.15) is 72.1 Å². The van der Waals surface area contributed by atoms with Crippen molar-refractivity contribution in [3.05, 3.63) is 0 Å². The van der Waals surface area contributed by atoms with Crippen molar-refractivity contribution >= 4 is 5.97 Å². The molecule has 1 atom stereocenters. The van der Waals surface area contributed by atoms with Gasteiger partial charge in [-0.25, -0.2) is 0 Å². The van der Waals surface area contributed by atoms with Crippen LogP contribution in [0.3, 0.4) is 0 Å². The van der Waals surface area contributed by atoms with Gasteiger partial charge in [0.2, 0.25) is 0 Å². The Balaban J connectivity index is 2.31. The second-order valence-corrected chi connectivity index (χ2v) is 5.57. The van der Waals surface area contributed by atoms with Crippen LogP contribution < -0.4 is 0 Å². The maximum atomic E-state index is 12.0. The number of ether oxygens (including phenoxy) is 1. The maximum absolute atomic E-state index is 12.0. The number of hydrogen-bond donors (Lipinski definition) is 0. The van der Waals surface area contributed by atoms with E-state index in [2.05, 4.69) is 20.8 Å². The topological polar surface area (TPSA) is 26.3 Å². The van der Waals surface area contributed by atoms with Crippen molar-refractivity contribution in [2.24, 2.45) is 11.8 Å². The Labute approximate surface area is 106 Å². The molecule has 0 spiro atoms. The molecule has 1 unspecified atom stereocenters. The molecule has 0 aromatic rings. The van der Waals surface area contributed by atoms with Gasteiger partial charge < -0.3 is 4.74 Å². The molecule has 0 aromatic heterocycles. The molecule has 0 bridgehead atoms. The first-order chi connectivity index (χ1) is 8.17. The Morgan fingerprint density at radius 3 is 2.41 bits per heavy atom. The van der Waals surface area contributed by atoms with E-state index in [0.29, 0.717) is 0 Å². The Bertz CT molecular complexity index is 217. The molecule has 1 fully saturated rings. The molecule has 0 amide bonds. The van der Waals surface area contributed by atoms with Crippen LogP contribution >= 0.6 is 0 Å². The fourth-order valence-electron chi connectivity index (χ4n) is 2.55. The minimum Gasteiger partial charge on any atom is -0.462 e. The molecule has 1 saturated carbocycles. The van der Waals surface area contributed by atoms with Crippen LogP contribution in [0.25, 0.3) is 0 Å². The lowest BCUT2D eigenvalue weighted by Gasteiger charge is -2.27. The molecule has 0 radical (unpaired) electrons. The summed E-state index contributed by atoms with van der Waals surface area (Å²) >= 11 is 0. The number of hydrogen-bond acceptors (Lipinski definition) is 2. The Hall–Kier alpha value is -0.530. The van der Waals surface area contributed by atoms with Crippen LogP contribution in [0.2, 0.25) is 0 Å². The monoisotopic (exact) mass is 240 g/mol. The van der Waals surface area contributed by atoms with E-state index in [0.717, 1.165) is 44.4 Å². The van der Waals surface area contributed by atoms with Crippen LogP contribution in [0, 0.1) is 11.8 Å². The van der Waals surface area contributed by atoms with Gasteiger partial charge in [0.25, 0.3) is 0 Å². The minimum absolute atomic E-state index is 0.0560. The number of unbranched alkanes of at least 4 members (excludes halogenated alkanes) is 1. The van der Waals surface area contributed by atoms with Crippen molar-refractivity contribution in [2.75, 3.05) is 0 Å². The Morgan fingerprint density at radius 1 is 1.24 bits per heavy atom. The van der Waals surface area contributed by atoms with E-state index in [-0.39, 0.29) is 18.0 Å². The number of carbonyl (C=O) groups excluding carboxylic acids is 1. The zero-order valence-electron chi connectivity index (χ0n) is 11.7. The summed E-state index contributed by atoms with van der Waals surface area (Å²) in [6, 6.07) is 0. The lowest BCUT2D eigenvalue weighted by molar-refractivity contribution is -0.156. The third kappa shape index (κ3) is 5.10. The highest BCUT2D eigenvalue weighted by molar-refractivity contribution is 5.72. The Kier molecular flexibility index (Phi) is 6.61. The highest BCUT2D eigenvalue weighted by atomic mass is 16.5. The summed E-state index contributed by atoms with van der Waals surface area (Å²) in [5.74, 6) is 1.00. The van der Waals surface area contributed by atoms with Crippen LogP contribution in [-0.4, -0.2) is 12.1 Å². The molecular weight excluding hydrogens is 212 g/mol. The quantitative estimate of drug-likeness (QED) is 0.646. The van der Waals surface area contributed by atoms with Gasteiger partial charge >= 0.3 is 5.97 Å². The van der Waals surface area contributed by atoms with Crippen molar-refractivity contribution in [3.63, 3.8) is 0 Å². The fourth-order valence-corrected chi connectivity index (χ4v) is 2.55. The molecule has 100 valence electrons. The highest BCUT2D eigenvalue weighted by Crippen LogP contribution is 2.27. The zero-order valence-corrected chi connectivity index (χ0v) is 11.7. The van der Waals surface area contributed by atoms with E-state index in [1.54, 1.807) is 0 Å². The summed E-state index contributed by atoms with van der Waals surface area (Å²) in [5.41, 5.74) is 0. The van der Waals surface area contributed by atoms with Gasteiger partial charge in [-0.2, -0.15) is 0 Å². The van der Waals surface area contributed by atoms with Gasteiger partial charge in [0.1, 0.15) is 6.10 Å². The maximum Gasteiger partial charge on any atom is 0.309 e. The molecule has 0 heterocycles. The highest BCUT2D eigenvalue weighted by Gasteiger charge is 2.24. The van der Waals surface area contributed by atoms with Crippen LogP contribution in [0.15, 0.2) is 0 Å². The van der Waals surface area contributed by atoms with Crippen molar-refractivity contribution in [1.29, 1.82) is 0 Å². The number of carbonyl (C=O) groups is 1. The van der Waals surface area contributed by atoms with E-state index in [9.17, 15) is 4.79 Å². The van der Waals surface area contributed by atoms with E-state index in [4.69, 9.17) is 4.74 Å². The van der Waals surface area contributed by atoms with Crippen molar-refractivity contribution < 1.29 is 9.53 Å². The van der Waals surface area contributed by atoms with E-state index in [1.807, 2.05) is 0 Å². The lowest BCUT2D eigenvalue weighted by atomic mass is 9.89. The average Bonchev–Trinajstić information content (AvgIpc) is 2.33. The van der Waals surface area contributed by atoms with Gasteiger partial charge in [-0.05, 0) is 44.4 Å². The van der Waals surface area contributed by atoms with Crippen LogP contribution in [-0.2, 0) is 9.53 Å². The fraction of sp³-hybridized carbons (Fsp3) is 0.933. The largest absolute Gasteiger partial charge is 0.462 e. The predicted octanol–water partition coefficient (Wildman–Crippen LogP) is 4.32. The molecular formula is C15H28O2. The molecule has 0 aromatic carbocycles. The standard InChI is InChI=1S/C15H28O2/c1-4-6-7-13(5-2)15(16)17-14-10-8-12(3)9-11-14/h12-14H,4-11H2,1-3H3. The molecule has 17 heavy (non-hydrogen) atoms. The average molecular weight is 240 g/mol. The predicted molar refractivity (Wildman–Crippen MR) is 70.8 cm³/mol. The molecule has 2 heteroatoms. The summed E-state index contributed by atoms with van der Waals surface area (Å²) in [6.45, 7) is 6.54. The normalized spacial score (nSPS) is 26.5. The first kappa shape index (κ1) is 14.5. The second-order valence-electron chi connectivity index (χ2n) is 5.57.